The fraction of sp³-hybridized carbons (Fsp3) is 0.417. The molecule has 1 aliphatic rings. The fourth-order valence-electron chi connectivity index (χ4n) is 2.02. The van der Waals surface area contributed by atoms with Crippen LogP contribution in [0.5, 0.6) is 0 Å². The summed E-state index contributed by atoms with van der Waals surface area (Å²) >= 11 is 0. The second-order valence-corrected chi connectivity index (χ2v) is 4.08. The maximum Gasteiger partial charge on any atom is 0.269 e. The van der Waals surface area contributed by atoms with Gasteiger partial charge in [0, 0.05) is 25.2 Å². The zero-order valence-corrected chi connectivity index (χ0v) is 9.82. The van der Waals surface area contributed by atoms with Gasteiger partial charge in [0.1, 0.15) is 6.29 Å². The number of non-ortho nitro benzene ring substituents is 1. The van der Waals surface area contributed by atoms with Gasteiger partial charge in [-0.05, 0) is 5.56 Å². The van der Waals surface area contributed by atoms with E-state index in [0.29, 0.717) is 26.3 Å². The van der Waals surface area contributed by atoms with Crippen LogP contribution >= 0.6 is 0 Å². The van der Waals surface area contributed by atoms with Gasteiger partial charge in [-0.15, -0.1) is 0 Å². The van der Waals surface area contributed by atoms with E-state index in [2.05, 4.69) is 0 Å². The zero-order valence-electron chi connectivity index (χ0n) is 9.82. The highest BCUT2D eigenvalue weighted by Gasteiger charge is 2.22. The van der Waals surface area contributed by atoms with Crippen LogP contribution in [0.2, 0.25) is 0 Å². The number of hydrogen-bond acceptors (Lipinski definition) is 5. The van der Waals surface area contributed by atoms with Crippen LogP contribution < -0.4 is 0 Å². The number of carbonyl (C=O) groups is 1. The highest BCUT2D eigenvalue weighted by molar-refractivity contribution is 5.62. The van der Waals surface area contributed by atoms with Crippen molar-refractivity contribution in [2.45, 2.75) is 6.04 Å². The van der Waals surface area contributed by atoms with E-state index in [9.17, 15) is 14.9 Å². The van der Waals surface area contributed by atoms with Crippen LogP contribution in [0.15, 0.2) is 24.3 Å². The van der Waals surface area contributed by atoms with E-state index in [1.165, 1.54) is 12.1 Å². The van der Waals surface area contributed by atoms with Crippen LogP contribution in [-0.2, 0) is 9.53 Å². The number of benzene rings is 1. The van der Waals surface area contributed by atoms with Crippen molar-refractivity contribution in [3.8, 4) is 0 Å². The van der Waals surface area contributed by atoms with Gasteiger partial charge in [-0.1, -0.05) is 12.1 Å². The minimum Gasteiger partial charge on any atom is -0.379 e. The van der Waals surface area contributed by atoms with Gasteiger partial charge in [-0.25, -0.2) is 0 Å². The van der Waals surface area contributed by atoms with E-state index in [0.717, 1.165) is 11.8 Å². The molecule has 0 spiro atoms. The van der Waals surface area contributed by atoms with Crippen molar-refractivity contribution in [2.75, 3.05) is 26.3 Å². The van der Waals surface area contributed by atoms with Crippen molar-refractivity contribution in [3.05, 3.63) is 39.9 Å². The Bertz CT molecular complexity index is 426. The number of nitrogens with zero attached hydrogens (tertiary/aromatic N) is 2. The summed E-state index contributed by atoms with van der Waals surface area (Å²) in [5.41, 5.74) is 0.808. The normalized spacial score (nSPS) is 18.2. The number of ether oxygens (including phenoxy) is 1. The van der Waals surface area contributed by atoms with Crippen LogP contribution in [0.25, 0.3) is 0 Å². The summed E-state index contributed by atoms with van der Waals surface area (Å²) in [6.07, 6.45) is 0.868. The molecule has 0 amide bonds. The molecule has 1 aliphatic heterocycles. The Morgan fingerprint density at radius 3 is 2.39 bits per heavy atom. The SMILES string of the molecule is O=CC(c1ccc([N+](=O)[O-])cc1)N1CCOCC1. The molecule has 6 heteroatoms. The average molecular weight is 250 g/mol. The van der Waals surface area contributed by atoms with Crippen LogP contribution in [0.1, 0.15) is 11.6 Å². The predicted molar refractivity (Wildman–Crippen MR) is 64.3 cm³/mol. The standard InChI is InChI=1S/C12H14N2O4/c15-9-12(13-5-7-18-8-6-13)10-1-3-11(4-2-10)14(16)17/h1-4,9,12H,5-8H2. The first kappa shape index (κ1) is 12.7. The first-order valence-electron chi connectivity index (χ1n) is 5.74. The zero-order chi connectivity index (χ0) is 13.0. The van der Waals surface area contributed by atoms with E-state index in [4.69, 9.17) is 4.74 Å². The summed E-state index contributed by atoms with van der Waals surface area (Å²) in [7, 11) is 0. The molecular formula is C12H14N2O4. The number of carbonyl (C=O) groups excluding carboxylic acids is 1. The molecule has 1 unspecified atom stereocenters. The smallest absolute Gasteiger partial charge is 0.269 e. The molecule has 1 aromatic carbocycles. The van der Waals surface area contributed by atoms with E-state index < -0.39 is 4.92 Å². The van der Waals surface area contributed by atoms with Crippen molar-refractivity contribution in [2.24, 2.45) is 0 Å². The summed E-state index contributed by atoms with van der Waals surface area (Å²) < 4.78 is 5.23. The Labute approximate surface area is 104 Å². The van der Waals surface area contributed by atoms with Gasteiger partial charge in [0.15, 0.2) is 0 Å². The maximum absolute atomic E-state index is 11.2. The molecule has 0 aromatic heterocycles. The van der Waals surface area contributed by atoms with Gasteiger partial charge < -0.3 is 9.53 Å². The Balaban J connectivity index is 2.16. The molecule has 0 saturated carbocycles. The second-order valence-electron chi connectivity index (χ2n) is 4.08. The molecule has 1 fully saturated rings. The monoisotopic (exact) mass is 250 g/mol. The van der Waals surface area contributed by atoms with Crippen LogP contribution in [0, 0.1) is 10.1 Å². The number of nitro groups is 1. The number of hydrogen-bond donors (Lipinski definition) is 0. The van der Waals surface area contributed by atoms with Gasteiger partial charge in [0.05, 0.1) is 24.2 Å². The lowest BCUT2D eigenvalue weighted by Crippen LogP contribution is -2.39. The summed E-state index contributed by atoms with van der Waals surface area (Å²) in [6.45, 7) is 2.61. The van der Waals surface area contributed by atoms with Crippen molar-refractivity contribution in [1.82, 2.24) is 4.90 Å². The second kappa shape index (κ2) is 5.70. The van der Waals surface area contributed by atoms with E-state index in [1.807, 2.05) is 4.90 Å². The molecule has 0 N–H and O–H groups in total. The molecular weight excluding hydrogens is 236 g/mol. The molecule has 1 heterocycles. The molecule has 0 radical (unpaired) electrons. The van der Waals surface area contributed by atoms with Crippen LogP contribution in [-0.4, -0.2) is 42.4 Å². The molecule has 1 aromatic rings. The molecule has 96 valence electrons. The lowest BCUT2D eigenvalue weighted by atomic mass is 10.1. The van der Waals surface area contributed by atoms with Gasteiger partial charge in [0.2, 0.25) is 0 Å². The highest BCUT2D eigenvalue weighted by atomic mass is 16.6. The third-order valence-corrected chi connectivity index (χ3v) is 3.01. The predicted octanol–water partition coefficient (Wildman–Crippen LogP) is 1.17. The Morgan fingerprint density at radius 1 is 1.28 bits per heavy atom. The fourth-order valence-corrected chi connectivity index (χ4v) is 2.02. The summed E-state index contributed by atoms with van der Waals surface area (Å²) in [6, 6.07) is 5.76. The van der Waals surface area contributed by atoms with Gasteiger partial charge >= 0.3 is 0 Å². The summed E-state index contributed by atoms with van der Waals surface area (Å²) in [5.74, 6) is 0. The van der Waals surface area contributed by atoms with Gasteiger partial charge in [-0.3, -0.25) is 15.0 Å². The number of rotatable bonds is 4. The minimum atomic E-state index is -0.450. The Kier molecular flexibility index (Phi) is 4.01. The molecule has 6 nitrogen and oxygen atoms in total. The average Bonchev–Trinajstić information content (AvgIpc) is 2.41. The largest absolute Gasteiger partial charge is 0.379 e. The number of nitro benzene ring substituents is 1. The van der Waals surface area contributed by atoms with E-state index >= 15 is 0 Å². The first-order chi connectivity index (χ1) is 8.72. The van der Waals surface area contributed by atoms with Gasteiger partial charge in [-0.2, -0.15) is 0 Å². The molecule has 2 rings (SSSR count). The lowest BCUT2D eigenvalue weighted by molar-refractivity contribution is -0.384. The number of aldehydes is 1. The molecule has 0 bridgehead atoms. The minimum absolute atomic E-state index is 0.0328. The molecule has 0 aliphatic carbocycles. The summed E-state index contributed by atoms with van der Waals surface area (Å²) in [5, 5.41) is 10.6. The molecule has 1 atom stereocenters. The molecule has 18 heavy (non-hydrogen) atoms. The van der Waals surface area contributed by atoms with E-state index in [1.54, 1.807) is 12.1 Å². The van der Waals surface area contributed by atoms with Crippen molar-refractivity contribution in [3.63, 3.8) is 0 Å². The number of morpholine rings is 1. The third kappa shape index (κ3) is 2.72. The maximum atomic E-state index is 11.2. The third-order valence-electron chi connectivity index (χ3n) is 3.01. The highest BCUT2D eigenvalue weighted by Crippen LogP contribution is 2.22. The van der Waals surface area contributed by atoms with Gasteiger partial charge in [0.25, 0.3) is 5.69 Å². The molecule has 1 saturated heterocycles. The first-order valence-corrected chi connectivity index (χ1v) is 5.74. The van der Waals surface area contributed by atoms with Crippen LogP contribution in [0.4, 0.5) is 5.69 Å². The van der Waals surface area contributed by atoms with Crippen molar-refractivity contribution < 1.29 is 14.5 Å². The summed E-state index contributed by atoms with van der Waals surface area (Å²) in [4.78, 5) is 23.3. The quantitative estimate of drug-likeness (QED) is 0.455. The van der Waals surface area contributed by atoms with Crippen LogP contribution in [0.3, 0.4) is 0 Å². The lowest BCUT2D eigenvalue weighted by Gasteiger charge is -2.31. The van der Waals surface area contributed by atoms with E-state index in [-0.39, 0.29) is 11.7 Å². The Morgan fingerprint density at radius 2 is 1.89 bits per heavy atom. The topological polar surface area (TPSA) is 72.7 Å². The van der Waals surface area contributed by atoms with Crippen molar-refractivity contribution in [1.29, 1.82) is 0 Å². The Hall–Kier alpha value is -1.79. The van der Waals surface area contributed by atoms with Crippen molar-refractivity contribution >= 4 is 12.0 Å².